The highest BCUT2D eigenvalue weighted by molar-refractivity contribution is 5.91. The summed E-state index contributed by atoms with van der Waals surface area (Å²) in [5.41, 5.74) is 10.8. The van der Waals surface area contributed by atoms with Crippen LogP contribution in [-0.2, 0) is 0 Å². The molecule has 0 amide bonds. The highest BCUT2D eigenvalue weighted by atomic mass is 16.3. The summed E-state index contributed by atoms with van der Waals surface area (Å²) in [4.78, 5) is 15.7. The molecule has 250 valence electrons. The van der Waals surface area contributed by atoms with Crippen molar-refractivity contribution in [3.05, 3.63) is 193 Å². The zero-order valence-electron chi connectivity index (χ0n) is 28.9. The van der Waals surface area contributed by atoms with E-state index in [1.807, 2.05) is 18.2 Å². The molecule has 1 atom stereocenters. The highest BCUT2D eigenvalue weighted by Crippen LogP contribution is 2.42. The van der Waals surface area contributed by atoms with Crippen LogP contribution in [0.5, 0.6) is 0 Å². The van der Waals surface area contributed by atoms with E-state index in [-0.39, 0.29) is 5.92 Å². The van der Waals surface area contributed by atoms with Gasteiger partial charge in [-0.1, -0.05) is 152 Å². The number of benzene rings is 7. The summed E-state index contributed by atoms with van der Waals surface area (Å²) in [6.45, 7) is 0. The molecular formula is C49H33N3O. The minimum absolute atomic E-state index is 0.106. The van der Waals surface area contributed by atoms with Gasteiger partial charge in [-0.25, -0.2) is 15.0 Å². The third-order valence-electron chi connectivity index (χ3n) is 10.3. The molecule has 0 spiro atoms. The quantitative estimate of drug-likeness (QED) is 0.175. The average molecular weight is 680 g/mol. The summed E-state index contributed by atoms with van der Waals surface area (Å²) >= 11 is 0. The van der Waals surface area contributed by atoms with E-state index in [9.17, 15) is 0 Å². The molecule has 53 heavy (non-hydrogen) atoms. The largest absolute Gasteiger partial charge is 0.456 e. The molecule has 0 saturated carbocycles. The second kappa shape index (κ2) is 13.0. The molecule has 4 heteroatoms. The van der Waals surface area contributed by atoms with Gasteiger partial charge in [0.1, 0.15) is 17.2 Å². The number of nitrogens with zero attached hydrogens (tertiary/aromatic N) is 3. The number of hydrogen-bond donors (Lipinski definition) is 0. The van der Waals surface area contributed by atoms with E-state index in [1.54, 1.807) is 0 Å². The molecule has 9 aromatic rings. The number of rotatable bonds is 6. The lowest BCUT2D eigenvalue weighted by molar-refractivity contribution is 0.586. The SMILES string of the molecule is C1=Cc2oc3cc(-c4ccccc4)ccc3c2C(c2nc(-c3cccc(-c4ccccc4)c3)nc(-c3ccc4cc(-c5ccccc5)ccc4c3)n2)C1. The van der Waals surface area contributed by atoms with E-state index in [2.05, 4.69) is 164 Å². The Kier molecular flexibility index (Phi) is 7.58. The molecule has 10 rings (SSSR count). The first-order chi connectivity index (χ1) is 26.2. The van der Waals surface area contributed by atoms with Crippen molar-refractivity contribution in [2.24, 2.45) is 0 Å². The van der Waals surface area contributed by atoms with Crippen LogP contribution in [0.3, 0.4) is 0 Å². The van der Waals surface area contributed by atoms with Gasteiger partial charge in [-0.2, -0.15) is 0 Å². The number of fused-ring (bicyclic) bond motifs is 4. The summed E-state index contributed by atoms with van der Waals surface area (Å²) < 4.78 is 6.53. The molecule has 4 nitrogen and oxygen atoms in total. The number of allylic oxidation sites excluding steroid dienone is 1. The predicted octanol–water partition coefficient (Wildman–Crippen LogP) is 12.7. The third kappa shape index (κ3) is 5.81. The maximum atomic E-state index is 6.53. The van der Waals surface area contributed by atoms with Crippen LogP contribution in [0.2, 0.25) is 0 Å². The van der Waals surface area contributed by atoms with Crippen LogP contribution in [0.15, 0.2) is 180 Å². The van der Waals surface area contributed by atoms with Crippen LogP contribution in [0, 0.1) is 0 Å². The molecule has 0 bridgehead atoms. The van der Waals surface area contributed by atoms with Gasteiger partial charge in [-0.3, -0.25) is 0 Å². The Morgan fingerprint density at radius 3 is 1.60 bits per heavy atom. The van der Waals surface area contributed by atoms with E-state index in [0.717, 1.165) is 73.3 Å². The summed E-state index contributed by atoms with van der Waals surface area (Å²) in [5, 5.41) is 3.39. The average Bonchev–Trinajstić information content (AvgIpc) is 3.62. The Labute approximate surface area is 307 Å². The first-order valence-corrected chi connectivity index (χ1v) is 18.0. The minimum atomic E-state index is -0.106. The third-order valence-corrected chi connectivity index (χ3v) is 10.3. The molecule has 0 fully saturated rings. The lowest BCUT2D eigenvalue weighted by atomic mass is 9.88. The summed E-state index contributed by atoms with van der Waals surface area (Å²) in [5.74, 6) is 2.79. The number of furan rings is 1. The van der Waals surface area contributed by atoms with Crippen molar-refractivity contribution in [1.82, 2.24) is 15.0 Å². The van der Waals surface area contributed by atoms with Crippen LogP contribution in [0.25, 0.3) is 84.0 Å². The molecule has 1 aliphatic carbocycles. The van der Waals surface area contributed by atoms with Gasteiger partial charge in [-0.05, 0) is 80.9 Å². The monoisotopic (exact) mass is 679 g/mol. The molecule has 0 N–H and O–H groups in total. The van der Waals surface area contributed by atoms with Crippen LogP contribution in [0.1, 0.15) is 29.5 Å². The molecule has 7 aromatic carbocycles. The Morgan fingerprint density at radius 2 is 0.943 bits per heavy atom. The molecule has 0 aliphatic heterocycles. The van der Waals surface area contributed by atoms with Crippen molar-refractivity contribution in [2.75, 3.05) is 0 Å². The van der Waals surface area contributed by atoms with Gasteiger partial charge in [0.2, 0.25) is 0 Å². The van der Waals surface area contributed by atoms with Crippen LogP contribution >= 0.6 is 0 Å². The van der Waals surface area contributed by atoms with Gasteiger partial charge in [0.15, 0.2) is 11.6 Å². The van der Waals surface area contributed by atoms with Crippen LogP contribution in [0.4, 0.5) is 0 Å². The number of aromatic nitrogens is 3. The van der Waals surface area contributed by atoms with Crippen LogP contribution < -0.4 is 0 Å². The van der Waals surface area contributed by atoms with Gasteiger partial charge in [-0.15, -0.1) is 0 Å². The Balaban J connectivity index is 1.11. The molecule has 2 heterocycles. The van der Waals surface area contributed by atoms with Gasteiger partial charge in [0.25, 0.3) is 0 Å². The highest BCUT2D eigenvalue weighted by Gasteiger charge is 2.29. The van der Waals surface area contributed by atoms with Crippen LogP contribution in [-0.4, -0.2) is 15.0 Å². The smallest absolute Gasteiger partial charge is 0.163 e. The Morgan fingerprint density at radius 1 is 0.434 bits per heavy atom. The van der Waals surface area contributed by atoms with Gasteiger partial charge < -0.3 is 4.42 Å². The second-order valence-corrected chi connectivity index (χ2v) is 13.6. The number of hydrogen-bond acceptors (Lipinski definition) is 4. The van der Waals surface area contributed by atoms with Gasteiger partial charge in [0, 0.05) is 22.1 Å². The van der Waals surface area contributed by atoms with Gasteiger partial charge >= 0.3 is 0 Å². The second-order valence-electron chi connectivity index (χ2n) is 13.6. The molecule has 2 aromatic heterocycles. The van der Waals surface area contributed by atoms with Crippen molar-refractivity contribution in [1.29, 1.82) is 0 Å². The lowest BCUT2D eigenvalue weighted by Crippen LogP contribution is -2.11. The molecule has 1 aliphatic rings. The van der Waals surface area contributed by atoms with E-state index >= 15 is 0 Å². The van der Waals surface area contributed by atoms with Gasteiger partial charge in [0.05, 0.1) is 5.92 Å². The zero-order chi connectivity index (χ0) is 35.1. The first-order valence-electron chi connectivity index (χ1n) is 18.0. The zero-order valence-corrected chi connectivity index (χ0v) is 28.9. The fraction of sp³-hybridized carbons (Fsp3) is 0.0408. The molecule has 0 radical (unpaired) electrons. The summed E-state index contributed by atoms with van der Waals surface area (Å²) in [6, 6.07) is 59.4. The van der Waals surface area contributed by atoms with Crippen molar-refractivity contribution in [2.45, 2.75) is 12.3 Å². The molecule has 1 unspecified atom stereocenters. The first kappa shape index (κ1) is 30.9. The normalized spacial score (nSPS) is 13.7. The summed E-state index contributed by atoms with van der Waals surface area (Å²) in [7, 11) is 0. The van der Waals surface area contributed by atoms with Crippen molar-refractivity contribution in [3.8, 4) is 56.2 Å². The summed E-state index contributed by atoms with van der Waals surface area (Å²) in [6.07, 6.45) is 5.02. The van der Waals surface area contributed by atoms with E-state index < -0.39 is 0 Å². The Hall–Kier alpha value is -6.91. The maximum Gasteiger partial charge on any atom is 0.163 e. The fourth-order valence-corrected chi connectivity index (χ4v) is 7.56. The van der Waals surface area contributed by atoms with E-state index in [4.69, 9.17) is 19.4 Å². The lowest BCUT2D eigenvalue weighted by Gasteiger charge is -2.19. The van der Waals surface area contributed by atoms with Crippen molar-refractivity contribution in [3.63, 3.8) is 0 Å². The molecular weight excluding hydrogens is 647 g/mol. The maximum absolute atomic E-state index is 6.53. The van der Waals surface area contributed by atoms with Crippen molar-refractivity contribution < 1.29 is 4.42 Å². The van der Waals surface area contributed by atoms with Crippen molar-refractivity contribution >= 4 is 27.8 Å². The van der Waals surface area contributed by atoms with E-state index in [0.29, 0.717) is 11.6 Å². The Bertz CT molecular complexity index is 2800. The minimum Gasteiger partial charge on any atom is -0.456 e. The molecule has 0 saturated heterocycles. The van der Waals surface area contributed by atoms with E-state index in [1.165, 1.54) is 16.5 Å². The topological polar surface area (TPSA) is 51.8 Å². The standard InChI is InChI=1S/C49H33N3O/c1-4-12-32(13-5-1)35-18-10-19-40(29-35)47-50-48(41-25-24-37-28-36(22-23-38(37)30-41)33-14-6-2-7-15-33)52-49(51-47)43-20-11-21-44-46(43)42-27-26-39(31-45(42)53-44)34-16-8-3-9-17-34/h1-19,21-31,43H,20H2. The predicted molar refractivity (Wildman–Crippen MR) is 216 cm³/mol. The fourth-order valence-electron chi connectivity index (χ4n) is 7.56.